The van der Waals surface area contributed by atoms with Crippen LogP contribution in [0.15, 0.2) is 0 Å². The van der Waals surface area contributed by atoms with Crippen molar-refractivity contribution >= 4 is 0 Å². The van der Waals surface area contributed by atoms with E-state index in [4.69, 9.17) is 4.74 Å². The van der Waals surface area contributed by atoms with Gasteiger partial charge in [-0.15, -0.1) is 0 Å². The molecule has 4 bridgehead atoms. The zero-order valence-corrected chi connectivity index (χ0v) is 18.1. The van der Waals surface area contributed by atoms with Gasteiger partial charge < -0.3 is 22.3 Å². The molecule has 0 radical (unpaired) electrons. The minimum atomic E-state index is -0.326. The van der Waals surface area contributed by atoms with Gasteiger partial charge in [0.15, 0.2) is 0 Å². The maximum absolute atomic E-state index is 10.5. The molecule has 3 nitrogen and oxygen atoms in total. The fraction of sp³-hybridized carbons (Fsp3) is 1.00. The number of halogens is 1. The van der Waals surface area contributed by atoms with Crippen molar-refractivity contribution in [1.29, 1.82) is 0 Å². The van der Waals surface area contributed by atoms with Crippen LogP contribution in [0.2, 0.25) is 0 Å². The number of nitrogens with zero attached hydrogens (tertiary/aromatic N) is 1. The van der Waals surface area contributed by atoms with Gasteiger partial charge >= 0.3 is 0 Å². The first-order valence-corrected chi connectivity index (χ1v) is 11.7. The summed E-state index contributed by atoms with van der Waals surface area (Å²) < 4.78 is 5.99. The van der Waals surface area contributed by atoms with Crippen molar-refractivity contribution in [3.63, 3.8) is 0 Å². The van der Waals surface area contributed by atoms with Gasteiger partial charge in [-0.05, 0) is 87.5 Å². The van der Waals surface area contributed by atoms with Gasteiger partial charge in [0.2, 0.25) is 0 Å². The van der Waals surface area contributed by atoms with Crippen molar-refractivity contribution < 1.29 is 22.3 Å². The lowest BCUT2D eigenvalue weighted by Crippen LogP contribution is -3.00. The van der Waals surface area contributed by atoms with Crippen LogP contribution in [0.3, 0.4) is 0 Å². The third kappa shape index (κ3) is 5.41. The first-order chi connectivity index (χ1) is 12.7. The Morgan fingerprint density at radius 2 is 1.59 bits per heavy atom. The number of aliphatic hydroxyl groups is 1. The molecule has 5 saturated carbocycles. The predicted octanol–water partition coefficient (Wildman–Crippen LogP) is 1.63. The lowest BCUT2D eigenvalue weighted by Gasteiger charge is -2.57. The van der Waals surface area contributed by atoms with Crippen LogP contribution >= 0.6 is 0 Å². The van der Waals surface area contributed by atoms with E-state index in [1.54, 1.807) is 0 Å². The van der Waals surface area contributed by atoms with E-state index in [-0.39, 0.29) is 18.5 Å². The summed E-state index contributed by atoms with van der Waals surface area (Å²) in [6, 6.07) is 0.690. The second kappa shape index (κ2) is 9.78. The van der Waals surface area contributed by atoms with Gasteiger partial charge in [-0.25, -0.2) is 0 Å². The van der Waals surface area contributed by atoms with E-state index in [0.29, 0.717) is 18.1 Å². The van der Waals surface area contributed by atoms with Crippen LogP contribution in [0.25, 0.3) is 0 Å². The summed E-state index contributed by atoms with van der Waals surface area (Å²) in [7, 11) is 0. The maximum Gasteiger partial charge on any atom is 0.0900 e. The van der Waals surface area contributed by atoms with Crippen molar-refractivity contribution in [2.45, 2.75) is 96.1 Å². The average Bonchev–Trinajstić information content (AvgIpc) is 2.63. The summed E-state index contributed by atoms with van der Waals surface area (Å²) in [5.41, 5.74) is 0.608. The molecule has 5 aliphatic rings. The van der Waals surface area contributed by atoms with Gasteiger partial charge in [-0.1, -0.05) is 26.2 Å². The average molecular weight is 399 g/mol. The van der Waals surface area contributed by atoms with Crippen LogP contribution in [0, 0.1) is 23.2 Å². The number of aliphatic hydroxyl groups excluding tert-OH is 1. The summed E-state index contributed by atoms with van der Waals surface area (Å²) in [6.45, 7) is 5.46. The molecule has 0 aromatic rings. The SMILES string of the molecule is CCN(CC(O)COCCC12CC3CC(CC(C3)C1)C2)C1CCCCC1.[Cl-]. The first-order valence-electron chi connectivity index (χ1n) is 11.7. The minimum absolute atomic E-state index is 0. The molecular weight excluding hydrogens is 358 g/mol. The number of hydrogen-bond acceptors (Lipinski definition) is 3. The molecule has 0 aromatic carbocycles. The summed E-state index contributed by atoms with van der Waals surface area (Å²) >= 11 is 0. The van der Waals surface area contributed by atoms with E-state index >= 15 is 0 Å². The second-order valence-electron chi connectivity index (χ2n) is 10.3. The van der Waals surface area contributed by atoms with Crippen molar-refractivity contribution in [1.82, 2.24) is 4.90 Å². The maximum atomic E-state index is 10.5. The fourth-order valence-electron chi connectivity index (χ4n) is 7.41. The highest BCUT2D eigenvalue weighted by Crippen LogP contribution is 2.61. The third-order valence-electron chi connectivity index (χ3n) is 8.19. The second-order valence-corrected chi connectivity index (χ2v) is 10.3. The Morgan fingerprint density at radius 1 is 1.00 bits per heavy atom. The van der Waals surface area contributed by atoms with Gasteiger partial charge in [0, 0.05) is 19.2 Å². The smallest absolute Gasteiger partial charge is 0.0900 e. The van der Waals surface area contributed by atoms with E-state index in [9.17, 15) is 5.11 Å². The zero-order chi connectivity index (χ0) is 18.0. The van der Waals surface area contributed by atoms with Crippen molar-refractivity contribution in [2.24, 2.45) is 23.2 Å². The first kappa shape index (κ1) is 21.9. The van der Waals surface area contributed by atoms with Crippen LogP contribution in [-0.2, 0) is 4.74 Å². The van der Waals surface area contributed by atoms with Gasteiger partial charge in [0.25, 0.3) is 0 Å². The molecule has 1 atom stereocenters. The quantitative estimate of drug-likeness (QED) is 0.599. The van der Waals surface area contributed by atoms with E-state index in [1.165, 1.54) is 77.0 Å². The molecular formula is C23H41ClNO2-. The molecule has 1 N–H and O–H groups in total. The lowest BCUT2D eigenvalue weighted by atomic mass is 9.49. The van der Waals surface area contributed by atoms with E-state index in [0.717, 1.165) is 37.5 Å². The highest BCUT2D eigenvalue weighted by Gasteiger charge is 2.50. The highest BCUT2D eigenvalue weighted by molar-refractivity contribution is 5.01. The molecule has 1 unspecified atom stereocenters. The molecule has 27 heavy (non-hydrogen) atoms. The zero-order valence-electron chi connectivity index (χ0n) is 17.4. The van der Waals surface area contributed by atoms with Crippen LogP contribution in [0.1, 0.15) is 84.0 Å². The van der Waals surface area contributed by atoms with Crippen molar-refractivity contribution in [2.75, 3.05) is 26.3 Å². The monoisotopic (exact) mass is 398 g/mol. The largest absolute Gasteiger partial charge is 1.00 e. The fourth-order valence-corrected chi connectivity index (χ4v) is 7.41. The minimum Gasteiger partial charge on any atom is -1.00 e. The normalized spacial score (nSPS) is 36.8. The molecule has 5 rings (SSSR count). The Bertz CT molecular complexity index is 416. The lowest BCUT2D eigenvalue weighted by molar-refractivity contribution is -0.0745. The van der Waals surface area contributed by atoms with Gasteiger partial charge in [0.1, 0.15) is 0 Å². The molecule has 0 saturated heterocycles. The Hall–Kier alpha value is 0.170. The predicted molar refractivity (Wildman–Crippen MR) is 106 cm³/mol. The van der Waals surface area contributed by atoms with E-state index in [1.807, 2.05) is 0 Å². The van der Waals surface area contributed by atoms with Gasteiger partial charge in [-0.3, -0.25) is 4.90 Å². The number of rotatable bonds is 9. The Morgan fingerprint density at radius 3 is 2.15 bits per heavy atom. The summed E-state index contributed by atoms with van der Waals surface area (Å²) in [5.74, 6) is 3.08. The van der Waals surface area contributed by atoms with Gasteiger partial charge in [-0.2, -0.15) is 0 Å². The highest BCUT2D eigenvalue weighted by atomic mass is 35.5. The molecule has 5 aliphatic carbocycles. The van der Waals surface area contributed by atoms with E-state index < -0.39 is 0 Å². The van der Waals surface area contributed by atoms with Crippen molar-refractivity contribution in [3.05, 3.63) is 0 Å². The van der Waals surface area contributed by atoms with Crippen molar-refractivity contribution in [3.8, 4) is 0 Å². The van der Waals surface area contributed by atoms with Crippen LogP contribution in [-0.4, -0.2) is 48.5 Å². The number of ether oxygens (including phenoxy) is 1. The Labute approximate surface area is 173 Å². The molecule has 0 amide bonds. The molecule has 158 valence electrons. The van der Waals surface area contributed by atoms with Crippen LogP contribution in [0.4, 0.5) is 0 Å². The molecule has 5 fully saturated rings. The third-order valence-corrected chi connectivity index (χ3v) is 8.19. The Kier molecular flexibility index (Phi) is 7.92. The molecule has 4 heteroatoms. The standard InChI is InChI=1S/C23H41NO2.ClH/c1-2-24(21-6-4-3-5-7-21)16-22(25)17-26-9-8-23-13-18-10-19(14-23)12-20(11-18)15-23;/h18-22,25H,2-17H2,1H3;1H/p-1. The topological polar surface area (TPSA) is 32.7 Å². The summed E-state index contributed by atoms with van der Waals surface area (Å²) in [4.78, 5) is 2.49. The summed E-state index contributed by atoms with van der Waals surface area (Å²) in [6.07, 6.45) is 16.6. The molecule has 0 heterocycles. The Balaban J connectivity index is 0.00000210. The molecule has 0 aliphatic heterocycles. The van der Waals surface area contributed by atoms with Crippen LogP contribution < -0.4 is 12.4 Å². The van der Waals surface area contributed by atoms with Crippen LogP contribution in [0.5, 0.6) is 0 Å². The number of hydrogen-bond donors (Lipinski definition) is 1. The molecule has 0 spiro atoms. The van der Waals surface area contributed by atoms with Gasteiger partial charge in [0.05, 0.1) is 12.7 Å². The van der Waals surface area contributed by atoms with E-state index in [2.05, 4.69) is 11.8 Å². The number of likely N-dealkylation sites (N-methyl/N-ethyl adjacent to an activating group) is 1. The molecule has 0 aromatic heterocycles. The summed E-state index contributed by atoms with van der Waals surface area (Å²) in [5, 5.41) is 10.5.